The minimum absolute atomic E-state index is 0.000269. The lowest BCUT2D eigenvalue weighted by molar-refractivity contribution is -0.161. The number of carbonyl (C=O) groups excluding carboxylic acids is 4. The second-order valence-corrected chi connectivity index (χ2v) is 29.8. The van der Waals surface area contributed by atoms with E-state index in [2.05, 4.69) is 210 Å². The molecular formula is C91H146O17P2. The second-order valence-electron chi connectivity index (χ2n) is 26.9. The Morgan fingerprint density at radius 1 is 0.264 bits per heavy atom. The third kappa shape index (κ3) is 80.0. The molecule has 0 bridgehead atoms. The SMILES string of the molecule is CC/C=C\C/C=C\C/C=C\C/C=C\C/C=C\CCCCCC(=O)OCC(COP(=O)(O)OCC(O)COP(=O)(O)OCC(COC(=O)CCCCC/C=C\C/C=C\C/C=C\C/C=C\C/C=C\CC)OC(=O)CCCCCCC/C=C\CCCCCCCC)OC(=O)CCC/C=C\C/C=C\C/C=C\C/C=C\C/C=C\CC. The highest BCUT2D eigenvalue weighted by atomic mass is 31.2. The summed E-state index contributed by atoms with van der Waals surface area (Å²) in [6.45, 7) is 4.37. The summed E-state index contributed by atoms with van der Waals surface area (Å²) in [5.74, 6) is -2.34. The van der Waals surface area contributed by atoms with Crippen LogP contribution in [0, 0.1) is 0 Å². The lowest BCUT2D eigenvalue weighted by Crippen LogP contribution is -2.30. The van der Waals surface area contributed by atoms with Gasteiger partial charge in [0.15, 0.2) is 12.2 Å². The van der Waals surface area contributed by atoms with E-state index in [0.717, 1.165) is 173 Å². The largest absolute Gasteiger partial charge is 0.472 e. The van der Waals surface area contributed by atoms with E-state index in [-0.39, 0.29) is 25.7 Å². The number of rotatable bonds is 76. The molecule has 0 aliphatic rings. The zero-order valence-corrected chi connectivity index (χ0v) is 69.9. The van der Waals surface area contributed by atoms with Crippen LogP contribution in [0.15, 0.2) is 194 Å². The van der Waals surface area contributed by atoms with Crippen molar-refractivity contribution in [1.29, 1.82) is 0 Å². The standard InChI is InChI=1S/C91H146O17P2/c1-5-9-13-17-21-25-29-33-37-40-42-45-48-51-55-59-63-67-71-75-88(93)101-81-86(107-90(95)77-73-69-65-61-57-53-47-36-32-28-24-20-16-12-8-4)83-105-109(97,98)103-79-85(92)80-104-110(99,100)106-84-87(108-91(96)78-74-70-66-62-58-54-50-44-39-35-31-27-23-19-15-11-7-3)82-102-89(94)76-72-68-64-60-56-52-49-46-43-41-38-34-30-26-22-18-14-10-6-2/h9-11,13-15,21-23,25-27,33-39,42-43,45-47,50-52,54-56,62,66,85-87,92H,5-8,12,16-20,24,28-32,40-41,44,48-49,53,57-61,63-65,67-84H2,1-4H3,(H,97,98)(H,99,100)/b13-9-,14-10-,15-11-,25-21-,26-22-,27-23-,37-33-,38-34-,39-35-,45-42-,46-43-,47-36-,54-50-,55-51-,56-52-,66-62-. The molecule has 0 saturated carbocycles. The molecule has 0 aromatic rings. The molecule has 0 amide bonds. The number of unbranched alkanes of at least 4 members (excludes halogenated alkanes) is 18. The van der Waals surface area contributed by atoms with Crippen molar-refractivity contribution in [1.82, 2.24) is 0 Å². The van der Waals surface area contributed by atoms with Crippen LogP contribution in [-0.4, -0.2) is 96.7 Å². The fourth-order valence-electron chi connectivity index (χ4n) is 10.3. The lowest BCUT2D eigenvalue weighted by Gasteiger charge is -2.21. The van der Waals surface area contributed by atoms with E-state index in [4.69, 9.17) is 37.0 Å². The predicted molar refractivity (Wildman–Crippen MR) is 454 cm³/mol. The minimum Gasteiger partial charge on any atom is -0.462 e. The van der Waals surface area contributed by atoms with Gasteiger partial charge in [-0.25, -0.2) is 9.13 Å². The monoisotopic (exact) mass is 1570 g/mol. The first kappa shape index (κ1) is 104. The van der Waals surface area contributed by atoms with E-state index >= 15 is 0 Å². The van der Waals surface area contributed by atoms with Crippen LogP contribution in [0.5, 0.6) is 0 Å². The highest BCUT2D eigenvalue weighted by Crippen LogP contribution is 2.45. The predicted octanol–water partition coefficient (Wildman–Crippen LogP) is 24.9. The second kappa shape index (κ2) is 80.9. The molecule has 110 heavy (non-hydrogen) atoms. The highest BCUT2D eigenvalue weighted by molar-refractivity contribution is 7.47. The molecule has 0 aliphatic carbocycles. The van der Waals surface area contributed by atoms with Crippen molar-refractivity contribution < 1.29 is 80.2 Å². The summed E-state index contributed by atoms with van der Waals surface area (Å²) in [5, 5.41) is 10.7. The van der Waals surface area contributed by atoms with Crippen molar-refractivity contribution >= 4 is 39.5 Å². The Kier molecular flexibility index (Phi) is 76.4. The smallest absolute Gasteiger partial charge is 0.462 e. The van der Waals surface area contributed by atoms with Gasteiger partial charge in [-0.05, 0) is 180 Å². The Morgan fingerprint density at radius 2 is 0.482 bits per heavy atom. The van der Waals surface area contributed by atoms with E-state index < -0.39 is 97.5 Å². The van der Waals surface area contributed by atoms with Crippen LogP contribution >= 0.6 is 15.6 Å². The molecule has 5 unspecified atom stereocenters. The number of esters is 4. The Bertz CT molecular complexity index is 2850. The molecule has 17 nitrogen and oxygen atoms in total. The number of aliphatic hydroxyl groups excluding tert-OH is 1. The van der Waals surface area contributed by atoms with Crippen molar-refractivity contribution in [3.8, 4) is 0 Å². The molecule has 0 heterocycles. The van der Waals surface area contributed by atoms with Gasteiger partial charge in [0, 0.05) is 25.7 Å². The Labute approximate surface area is 666 Å². The van der Waals surface area contributed by atoms with Gasteiger partial charge in [0.05, 0.1) is 26.4 Å². The Morgan fingerprint density at radius 3 is 0.782 bits per heavy atom. The van der Waals surface area contributed by atoms with E-state index in [9.17, 15) is 43.2 Å². The van der Waals surface area contributed by atoms with Gasteiger partial charge in [-0.15, -0.1) is 0 Å². The van der Waals surface area contributed by atoms with Gasteiger partial charge in [-0.3, -0.25) is 37.3 Å². The zero-order chi connectivity index (χ0) is 80.3. The number of phosphoric acid groups is 2. The normalized spacial score (nSPS) is 14.8. The van der Waals surface area contributed by atoms with Crippen LogP contribution in [-0.2, 0) is 65.4 Å². The van der Waals surface area contributed by atoms with Crippen LogP contribution in [0.1, 0.15) is 297 Å². The number of aliphatic hydroxyl groups is 1. The Balaban J connectivity index is 5.52. The van der Waals surface area contributed by atoms with Crippen molar-refractivity contribution in [2.24, 2.45) is 0 Å². The third-order valence-corrected chi connectivity index (χ3v) is 18.4. The fourth-order valence-corrected chi connectivity index (χ4v) is 11.9. The van der Waals surface area contributed by atoms with Gasteiger partial charge in [0.2, 0.25) is 0 Å². The summed E-state index contributed by atoms with van der Waals surface area (Å²) in [6, 6.07) is 0. The first-order valence-electron chi connectivity index (χ1n) is 41.7. The summed E-state index contributed by atoms with van der Waals surface area (Å²) in [7, 11) is -10.0. The molecule has 5 atom stereocenters. The van der Waals surface area contributed by atoms with Gasteiger partial charge in [-0.1, -0.05) is 286 Å². The maximum absolute atomic E-state index is 13.1. The van der Waals surface area contributed by atoms with Gasteiger partial charge in [-0.2, -0.15) is 0 Å². The molecule has 0 rings (SSSR count). The van der Waals surface area contributed by atoms with Crippen molar-refractivity contribution in [2.45, 2.75) is 316 Å². The molecule has 0 radical (unpaired) electrons. The van der Waals surface area contributed by atoms with Crippen LogP contribution in [0.2, 0.25) is 0 Å². The van der Waals surface area contributed by atoms with E-state index in [1.165, 1.54) is 38.5 Å². The van der Waals surface area contributed by atoms with Crippen LogP contribution in [0.4, 0.5) is 0 Å². The third-order valence-electron chi connectivity index (χ3n) is 16.5. The van der Waals surface area contributed by atoms with Crippen LogP contribution < -0.4 is 0 Å². The molecular weight excluding hydrogens is 1430 g/mol. The average Bonchev–Trinajstić information content (AvgIpc) is 0.906. The van der Waals surface area contributed by atoms with Gasteiger partial charge >= 0.3 is 39.5 Å². The highest BCUT2D eigenvalue weighted by Gasteiger charge is 2.30. The summed E-state index contributed by atoms with van der Waals surface area (Å²) in [4.78, 5) is 73.2. The van der Waals surface area contributed by atoms with Crippen molar-refractivity contribution in [2.75, 3.05) is 39.6 Å². The average molecular weight is 1570 g/mol. The van der Waals surface area contributed by atoms with Gasteiger partial charge < -0.3 is 33.8 Å². The molecule has 0 fully saturated rings. The minimum atomic E-state index is -5.02. The first-order valence-corrected chi connectivity index (χ1v) is 44.7. The number of phosphoric ester groups is 2. The summed E-state index contributed by atoms with van der Waals surface area (Å²) < 4.78 is 68.6. The summed E-state index contributed by atoms with van der Waals surface area (Å²) >= 11 is 0. The lowest BCUT2D eigenvalue weighted by atomic mass is 10.1. The van der Waals surface area contributed by atoms with Crippen molar-refractivity contribution in [3.63, 3.8) is 0 Å². The number of carbonyl (C=O) groups is 4. The Hall–Kier alpha value is -6.10. The van der Waals surface area contributed by atoms with Crippen LogP contribution in [0.25, 0.3) is 0 Å². The topological polar surface area (TPSA) is 237 Å². The quantitative estimate of drug-likeness (QED) is 0.0169. The molecule has 0 aliphatic heterocycles. The van der Waals surface area contributed by atoms with Gasteiger partial charge in [0.25, 0.3) is 0 Å². The molecule has 0 spiro atoms. The maximum atomic E-state index is 13.1. The first-order chi connectivity index (χ1) is 53.7. The zero-order valence-electron chi connectivity index (χ0n) is 68.1. The molecule has 19 heteroatoms. The number of allylic oxidation sites excluding steroid dienone is 32. The van der Waals surface area contributed by atoms with Crippen LogP contribution in [0.3, 0.4) is 0 Å². The molecule has 0 aromatic heterocycles. The number of ether oxygens (including phenoxy) is 4. The summed E-state index contributed by atoms with van der Waals surface area (Å²) in [6.07, 6.45) is 99.8. The fraction of sp³-hybridized carbons (Fsp3) is 0.604. The van der Waals surface area contributed by atoms with Crippen molar-refractivity contribution in [3.05, 3.63) is 194 Å². The van der Waals surface area contributed by atoms with E-state index in [1.807, 2.05) is 12.2 Å². The molecule has 0 aromatic carbocycles. The molecule has 3 N–H and O–H groups in total. The molecule has 0 saturated heterocycles. The number of hydrogen-bond donors (Lipinski definition) is 3. The number of hydrogen-bond acceptors (Lipinski definition) is 15. The van der Waals surface area contributed by atoms with E-state index in [1.54, 1.807) is 0 Å². The van der Waals surface area contributed by atoms with E-state index in [0.29, 0.717) is 32.1 Å². The molecule has 622 valence electrons. The maximum Gasteiger partial charge on any atom is 0.472 e. The van der Waals surface area contributed by atoms with Gasteiger partial charge in [0.1, 0.15) is 19.3 Å². The summed E-state index contributed by atoms with van der Waals surface area (Å²) in [5.41, 5.74) is 0.